The van der Waals surface area contributed by atoms with Gasteiger partial charge < -0.3 is 15.0 Å². The van der Waals surface area contributed by atoms with Gasteiger partial charge in [-0.15, -0.1) is 0 Å². The summed E-state index contributed by atoms with van der Waals surface area (Å²) < 4.78 is 43.2. The Morgan fingerprint density at radius 3 is 2.08 bits per heavy atom. The maximum atomic E-state index is 13.2. The summed E-state index contributed by atoms with van der Waals surface area (Å²) in [5, 5.41) is 3.11. The number of anilines is 2. The van der Waals surface area contributed by atoms with Crippen molar-refractivity contribution >= 4 is 23.3 Å². The van der Waals surface area contributed by atoms with E-state index in [2.05, 4.69) is 5.32 Å². The number of esters is 1. The Hall–Kier alpha value is -3.81. The quantitative estimate of drug-likeness (QED) is 0.385. The molecule has 0 unspecified atom stereocenters. The van der Waals surface area contributed by atoms with Crippen LogP contribution < -0.4 is 5.32 Å². The minimum Gasteiger partial charge on any atom is -0.469 e. The Kier molecular flexibility index (Phi) is 6.67. The molecule has 1 fully saturated rings. The van der Waals surface area contributed by atoms with E-state index in [0.717, 1.165) is 60.2 Å². The Labute approximate surface area is 213 Å². The number of methoxy groups -OCH3 is 1. The second-order valence-electron chi connectivity index (χ2n) is 9.61. The van der Waals surface area contributed by atoms with Gasteiger partial charge >= 0.3 is 12.1 Å². The number of hydrogen-bond acceptors (Lipinski definition) is 4. The molecular formula is C29H27F3N2O3. The first-order chi connectivity index (χ1) is 17.7. The lowest BCUT2D eigenvalue weighted by molar-refractivity contribution is -0.146. The van der Waals surface area contributed by atoms with Gasteiger partial charge in [-0.2, -0.15) is 13.2 Å². The van der Waals surface area contributed by atoms with Crippen molar-refractivity contribution in [3.05, 3.63) is 83.4 Å². The van der Waals surface area contributed by atoms with E-state index in [1.165, 1.54) is 19.2 Å². The highest BCUT2D eigenvalue weighted by Crippen LogP contribution is 2.36. The van der Waals surface area contributed by atoms with E-state index < -0.39 is 11.7 Å². The van der Waals surface area contributed by atoms with Crippen LogP contribution in [-0.4, -0.2) is 29.9 Å². The van der Waals surface area contributed by atoms with Gasteiger partial charge in [0.05, 0.1) is 18.6 Å². The first-order valence-corrected chi connectivity index (χ1v) is 12.3. The molecule has 8 heteroatoms. The minimum absolute atomic E-state index is 0.0268. The van der Waals surface area contributed by atoms with E-state index in [0.29, 0.717) is 17.8 Å². The van der Waals surface area contributed by atoms with Gasteiger partial charge in [0.15, 0.2) is 0 Å². The highest BCUT2D eigenvalue weighted by molar-refractivity contribution is 5.99. The third kappa shape index (κ3) is 5.19. The van der Waals surface area contributed by atoms with Gasteiger partial charge in [-0.05, 0) is 84.8 Å². The second kappa shape index (κ2) is 9.92. The van der Waals surface area contributed by atoms with Gasteiger partial charge in [-0.25, -0.2) is 0 Å². The molecule has 5 nitrogen and oxygen atoms in total. The van der Waals surface area contributed by atoms with Crippen LogP contribution in [0.15, 0.2) is 66.7 Å². The van der Waals surface area contributed by atoms with Crippen LogP contribution in [0.2, 0.25) is 0 Å². The maximum absolute atomic E-state index is 13.2. The number of halogens is 3. The lowest BCUT2D eigenvalue weighted by Crippen LogP contribution is -2.39. The fraction of sp³-hybridized carbons (Fsp3) is 0.310. The number of benzene rings is 3. The van der Waals surface area contributed by atoms with Crippen LogP contribution in [0.3, 0.4) is 0 Å². The number of nitrogens with zero attached hydrogens (tertiary/aromatic N) is 1. The van der Waals surface area contributed by atoms with Gasteiger partial charge in [-0.1, -0.05) is 24.3 Å². The predicted octanol–water partition coefficient (Wildman–Crippen LogP) is 6.80. The molecule has 3 aromatic rings. The summed E-state index contributed by atoms with van der Waals surface area (Å²) in [5.41, 5.74) is 4.19. The number of rotatable bonds is 5. The zero-order valence-corrected chi connectivity index (χ0v) is 20.3. The maximum Gasteiger partial charge on any atom is 0.416 e. The molecular weight excluding hydrogens is 481 g/mol. The molecule has 1 amide bonds. The van der Waals surface area contributed by atoms with Crippen LogP contribution in [0.5, 0.6) is 0 Å². The molecule has 0 saturated heterocycles. The summed E-state index contributed by atoms with van der Waals surface area (Å²) >= 11 is 0. The molecule has 192 valence electrons. The van der Waals surface area contributed by atoms with Crippen molar-refractivity contribution in [2.24, 2.45) is 5.92 Å². The van der Waals surface area contributed by atoms with Crippen molar-refractivity contribution in [2.45, 2.75) is 44.4 Å². The molecule has 37 heavy (non-hydrogen) atoms. The average Bonchev–Trinajstić information content (AvgIpc) is 3.24. The highest BCUT2D eigenvalue weighted by Gasteiger charge is 2.36. The summed E-state index contributed by atoms with van der Waals surface area (Å²) in [6.07, 6.45) is -1.32. The van der Waals surface area contributed by atoms with E-state index >= 15 is 0 Å². The van der Waals surface area contributed by atoms with Crippen LogP contribution in [0.1, 0.15) is 47.2 Å². The van der Waals surface area contributed by atoms with Crippen molar-refractivity contribution in [3.8, 4) is 11.1 Å². The summed E-state index contributed by atoms with van der Waals surface area (Å²) in [7, 11) is 1.41. The fourth-order valence-corrected chi connectivity index (χ4v) is 5.24. The largest absolute Gasteiger partial charge is 0.469 e. The Bertz CT molecular complexity index is 1300. The molecule has 1 aliphatic heterocycles. The van der Waals surface area contributed by atoms with Crippen LogP contribution in [0, 0.1) is 5.92 Å². The Balaban J connectivity index is 1.25. The van der Waals surface area contributed by atoms with Crippen molar-refractivity contribution in [1.29, 1.82) is 0 Å². The van der Waals surface area contributed by atoms with Gasteiger partial charge in [0.2, 0.25) is 0 Å². The van der Waals surface area contributed by atoms with E-state index in [-0.39, 0.29) is 23.8 Å². The number of carbonyl (C=O) groups excluding carboxylic acids is 2. The zero-order valence-electron chi connectivity index (χ0n) is 20.3. The molecule has 2 aliphatic rings. The molecule has 3 aromatic carbocycles. The lowest BCUT2D eigenvalue weighted by Gasteiger charge is -2.33. The Morgan fingerprint density at radius 1 is 0.892 bits per heavy atom. The summed E-state index contributed by atoms with van der Waals surface area (Å²) in [6, 6.07) is 18.5. The predicted molar refractivity (Wildman–Crippen MR) is 134 cm³/mol. The lowest BCUT2D eigenvalue weighted by atomic mass is 9.85. The smallest absolute Gasteiger partial charge is 0.416 e. The minimum atomic E-state index is -4.36. The van der Waals surface area contributed by atoms with Gasteiger partial charge in [0.1, 0.15) is 0 Å². The topological polar surface area (TPSA) is 58.6 Å². The molecule has 0 spiro atoms. The third-order valence-corrected chi connectivity index (χ3v) is 7.33. The van der Waals surface area contributed by atoms with E-state index in [4.69, 9.17) is 4.74 Å². The van der Waals surface area contributed by atoms with E-state index in [1.54, 1.807) is 0 Å². The van der Waals surface area contributed by atoms with Crippen molar-refractivity contribution in [1.82, 2.24) is 4.90 Å². The number of ether oxygens (including phenoxy) is 1. The van der Waals surface area contributed by atoms with Crippen LogP contribution in [-0.2, 0) is 22.3 Å². The molecule has 0 atom stereocenters. The average molecular weight is 509 g/mol. The summed E-state index contributed by atoms with van der Waals surface area (Å²) in [4.78, 5) is 27.0. The number of hydrogen-bond donors (Lipinski definition) is 1. The van der Waals surface area contributed by atoms with Crippen LogP contribution >= 0.6 is 0 Å². The van der Waals surface area contributed by atoms with E-state index in [9.17, 15) is 22.8 Å². The van der Waals surface area contributed by atoms with Crippen molar-refractivity contribution < 1.29 is 27.5 Å². The van der Waals surface area contributed by atoms with Crippen molar-refractivity contribution in [2.75, 3.05) is 12.4 Å². The van der Waals surface area contributed by atoms with Crippen molar-refractivity contribution in [3.63, 3.8) is 0 Å². The number of nitrogens with one attached hydrogen (secondary N) is 1. The SMILES string of the molecule is COC(=O)C1CCC(N2Cc3ccc(-c4ccc(Nc5ccc(C(F)(F)F)cc5)cc4)cc3C2=O)CC1. The first-order valence-electron chi connectivity index (χ1n) is 12.3. The highest BCUT2D eigenvalue weighted by atomic mass is 19.4. The van der Waals surface area contributed by atoms with Crippen LogP contribution in [0.4, 0.5) is 24.5 Å². The molecule has 1 aliphatic carbocycles. The molecule has 1 heterocycles. The monoisotopic (exact) mass is 508 g/mol. The van der Waals surface area contributed by atoms with E-state index in [1.807, 2.05) is 47.4 Å². The van der Waals surface area contributed by atoms with Gasteiger partial charge in [0, 0.05) is 29.5 Å². The molecule has 1 N–H and O–H groups in total. The van der Waals surface area contributed by atoms with Crippen LogP contribution in [0.25, 0.3) is 11.1 Å². The first kappa shape index (κ1) is 24.9. The Morgan fingerprint density at radius 2 is 1.49 bits per heavy atom. The zero-order chi connectivity index (χ0) is 26.2. The third-order valence-electron chi connectivity index (χ3n) is 7.33. The molecule has 0 bridgehead atoms. The number of carbonyl (C=O) groups is 2. The normalized spacial score (nSPS) is 19.5. The standard InChI is InChI=1S/C29H27F3N2O3/c1-37-28(36)19-6-14-25(15-7-19)34-17-21-3-2-20(16-26(21)27(34)35)18-4-10-23(11-5-18)33-24-12-8-22(9-13-24)29(30,31)32/h2-5,8-13,16,19,25,33H,6-7,14-15,17H2,1H3. The second-order valence-corrected chi connectivity index (χ2v) is 9.61. The number of amides is 1. The number of fused-ring (bicyclic) bond motifs is 1. The molecule has 5 rings (SSSR count). The summed E-state index contributed by atoms with van der Waals surface area (Å²) in [6.45, 7) is 0.581. The number of alkyl halides is 3. The molecule has 1 saturated carbocycles. The van der Waals surface area contributed by atoms with Gasteiger partial charge in [-0.3, -0.25) is 9.59 Å². The molecule has 0 radical (unpaired) electrons. The summed E-state index contributed by atoms with van der Waals surface area (Å²) in [5.74, 6) is -0.219. The fourth-order valence-electron chi connectivity index (χ4n) is 5.24. The van der Waals surface area contributed by atoms with Gasteiger partial charge in [0.25, 0.3) is 5.91 Å². The molecule has 0 aromatic heterocycles.